The second-order valence-electron chi connectivity index (χ2n) is 3.80. The molecule has 0 aliphatic heterocycles. The summed E-state index contributed by atoms with van der Waals surface area (Å²) >= 11 is 0. The molecule has 1 aromatic heterocycles. The molecule has 0 fully saturated rings. The van der Waals surface area contributed by atoms with Crippen LogP contribution < -0.4 is 4.57 Å². The summed E-state index contributed by atoms with van der Waals surface area (Å²) in [5, 5.41) is 0. The van der Waals surface area contributed by atoms with Crippen LogP contribution in [0.2, 0.25) is 0 Å². The van der Waals surface area contributed by atoms with E-state index in [0.717, 1.165) is 12.5 Å². The number of hydrogen-bond acceptors (Lipinski definition) is 0. The zero-order chi connectivity index (χ0) is 9.52. The topological polar surface area (TPSA) is 3.88 Å². The molecule has 0 saturated heterocycles. The maximum absolute atomic E-state index is 2.34. The molecule has 0 amide bonds. The molecule has 0 N–H and O–H groups in total. The van der Waals surface area contributed by atoms with E-state index in [2.05, 4.69) is 49.0 Å². The highest BCUT2D eigenvalue weighted by Gasteiger charge is 2.04. The Morgan fingerprint density at radius 1 is 1.08 bits per heavy atom. The molecule has 0 saturated carbocycles. The first-order chi connectivity index (χ1) is 6.33. The molecule has 0 spiro atoms. The van der Waals surface area contributed by atoms with Crippen molar-refractivity contribution in [3.8, 4) is 0 Å². The zero-order valence-electron chi connectivity index (χ0n) is 8.74. The lowest BCUT2D eigenvalue weighted by Crippen LogP contribution is -2.33. The van der Waals surface area contributed by atoms with Gasteiger partial charge in [0.2, 0.25) is 0 Å². The number of aromatic nitrogens is 1. The Morgan fingerprint density at radius 3 is 2.38 bits per heavy atom. The van der Waals surface area contributed by atoms with Crippen LogP contribution in [0.25, 0.3) is 0 Å². The first kappa shape index (κ1) is 10.2. The van der Waals surface area contributed by atoms with E-state index in [1.807, 2.05) is 0 Å². The van der Waals surface area contributed by atoms with Gasteiger partial charge in [-0.1, -0.05) is 32.8 Å². The molecule has 0 bridgehead atoms. The van der Waals surface area contributed by atoms with Crippen LogP contribution in [0.15, 0.2) is 30.6 Å². The van der Waals surface area contributed by atoms with E-state index < -0.39 is 0 Å². The smallest absolute Gasteiger partial charge is 0.168 e. The van der Waals surface area contributed by atoms with Gasteiger partial charge < -0.3 is 0 Å². The summed E-state index contributed by atoms with van der Waals surface area (Å²) in [4.78, 5) is 0. The van der Waals surface area contributed by atoms with Gasteiger partial charge in [0.05, 0.1) is 0 Å². The van der Waals surface area contributed by atoms with Crippen LogP contribution in [0.1, 0.15) is 33.1 Å². The number of nitrogens with zero attached hydrogens (tertiary/aromatic N) is 1. The lowest BCUT2D eigenvalue weighted by atomic mass is 10.0. The molecule has 1 atom stereocenters. The van der Waals surface area contributed by atoms with Crippen LogP contribution in [0, 0.1) is 5.92 Å². The molecule has 72 valence electrons. The Kier molecular flexibility index (Phi) is 4.52. The molecule has 1 nitrogen and oxygen atoms in total. The molecule has 0 aromatic carbocycles. The Morgan fingerprint density at radius 2 is 1.77 bits per heavy atom. The van der Waals surface area contributed by atoms with Gasteiger partial charge in [-0.2, -0.15) is 0 Å². The van der Waals surface area contributed by atoms with Crippen molar-refractivity contribution in [1.82, 2.24) is 0 Å². The first-order valence-electron chi connectivity index (χ1n) is 5.27. The Labute approximate surface area is 81.4 Å². The molecular weight excluding hydrogens is 158 g/mol. The summed E-state index contributed by atoms with van der Waals surface area (Å²) in [5.41, 5.74) is 0. The van der Waals surface area contributed by atoms with Gasteiger partial charge in [-0.05, 0) is 5.92 Å². The van der Waals surface area contributed by atoms with E-state index in [0.29, 0.717) is 0 Å². The summed E-state index contributed by atoms with van der Waals surface area (Å²) in [6, 6.07) is 6.24. The molecule has 0 radical (unpaired) electrons. The fraction of sp³-hybridized carbons (Fsp3) is 0.583. The van der Waals surface area contributed by atoms with Crippen molar-refractivity contribution in [2.24, 2.45) is 5.92 Å². The predicted octanol–water partition coefficient (Wildman–Crippen LogP) is 2.80. The van der Waals surface area contributed by atoms with Crippen LogP contribution in [-0.4, -0.2) is 0 Å². The number of pyridine rings is 1. The van der Waals surface area contributed by atoms with E-state index in [1.165, 1.54) is 19.3 Å². The largest absolute Gasteiger partial charge is 0.205 e. The second-order valence-corrected chi connectivity index (χ2v) is 3.80. The fourth-order valence-corrected chi connectivity index (χ4v) is 1.59. The Hall–Kier alpha value is -0.850. The number of rotatable bonds is 5. The van der Waals surface area contributed by atoms with Crippen molar-refractivity contribution < 1.29 is 4.57 Å². The molecule has 0 aliphatic carbocycles. The summed E-state index contributed by atoms with van der Waals surface area (Å²) < 4.78 is 2.26. The van der Waals surface area contributed by atoms with Crippen LogP contribution in [0.3, 0.4) is 0 Å². The van der Waals surface area contributed by atoms with Crippen molar-refractivity contribution in [3.63, 3.8) is 0 Å². The van der Waals surface area contributed by atoms with Crippen molar-refractivity contribution in [3.05, 3.63) is 30.6 Å². The lowest BCUT2D eigenvalue weighted by molar-refractivity contribution is -0.698. The molecule has 13 heavy (non-hydrogen) atoms. The van der Waals surface area contributed by atoms with E-state index in [-0.39, 0.29) is 0 Å². The van der Waals surface area contributed by atoms with E-state index in [1.54, 1.807) is 0 Å². The molecule has 1 aromatic rings. The minimum absolute atomic E-state index is 0.859. The summed E-state index contributed by atoms with van der Waals surface area (Å²) in [7, 11) is 0. The van der Waals surface area contributed by atoms with Gasteiger partial charge >= 0.3 is 0 Å². The first-order valence-corrected chi connectivity index (χ1v) is 5.27. The van der Waals surface area contributed by atoms with Gasteiger partial charge in [-0.3, -0.25) is 0 Å². The lowest BCUT2D eigenvalue weighted by Gasteiger charge is -2.06. The molecule has 1 heteroatoms. The molecular formula is C12H20N+. The van der Waals surface area contributed by atoms with E-state index >= 15 is 0 Å². The summed E-state index contributed by atoms with van der Waals surface area (Å²) in [5.74, 6) is 0.859. The van der Waals surface area contributed by atoms with Gasteiger partial charge in [0, 0.05) is 18.6 Å². The highest BCUT2D eigenvalue weighted by atomic mass is 14.9. The average molecular weight is 178 g/mol. The monoisotopic (exact) mass is 178 g/mol. The maximum Gasteiger partial charge on any atom is 0.168 e. The minimum Gasteiger partial charge on any atom is -0.205 e. The van der Waals surface area contributed by atoms with Crippen molar-refractivity contribution in [1.29, 1.82) is 0 Å². The van der Waals surface area contributed by atoms with Crippen molar-refractivity contribution in [2.75, 3.05) is 0 Å². The highest BCUT2D eigenvalue weighted by Crippen LogP contribution is 2.08. The molecule has 0 aliphatic rings. The number of aryl methyl sites for hydroxylation is 1. The Balaban J connectivity index is 2.27. The third-order valence-electron chi connectivity index (χ3n) is 2.44. The molecule has 1 rings (SSSR count). The third kappa shape index (κ3) is 4.07. The highest BCUT2D eigenvalue weighted by molar-refractivity contribution is 4.83. The molecule has 1 heterocycles. The summed E-state index contributed by atoms with van der Waals surface area (Å²) in [6.07, 6.45) is 8.23. The fourth-order valence-electron chi connectivity index (χ4n) is 1.59. The van der Waals surface area contributed by atoms with E-state index in [9.17, 15) is 0 Å². The van der Waals surface area contributed by atoms with Gasteiger partial charge in [-0.25, -0.2) is 4.57 Å². The van der Waals surface area contributed by atoms with Crippen molar-refractivity contribution >= 4 is 0 Å². The van der Waals surface area contributed by atoms with Crippen molar-refractivity contribution in [2.45, 2.75) is 39.7 Å². The maximum atomic E-state index is 2.34. The quantitative estimate of drug-likeness (QED) is 0.610. The van der Waals surface area contributed by atoms with E-state index in [4.69, 9.17) is 0 Å². The summed E-state index contributed by atoms with van der Waals surface area (Å²) in [6.45, 7) is 5.75. The van der Waals surface area contributed by atoms with Crippen LogP contribution in [0.4, 0.5) is 0 Å². The van der Waals surface area contributed by atoms with Gasteiger partial charge in [-0.15, -0.1) is 0 Å². The standard InChI is InChI=1S/C12H20N/c1-3-7-12(2)8-11-13-9-5-4-6-10-13/h4-6,9-10,12H,3,7-8,11H2,1-2H3/q+1. The predicted molar refractivity (Wildman–Crippen MR) is 55.3 cm³/mol. The van der Waals surface area contributed by atoms with Crippen LogP contribution >= 0.6 is 0 Å². The zero-order valence-corrected chi connectivity index (χ0v) is 8.74. The van der Waals surface area contributed by atoms with Gasteiger partial charge in [0.25, 0.3) is 0 Å². The molecule has 1 unspecified atom stereocenters. The minimum atomic E-state index is 0.859. The average Bonchev–Trinajstić information content (AvgIpc) is 2.17. The SMILES string of the molecule is CCCC(C)CC[n+]1ccccc1. The second kappa shape index (κ2) is 5.74. The van der Waals surface area contributed by atoms with Gasteiger partial charge in [0.1, 0.15) is 6.54 Å². The third-order valence-corrected chi connectivity index (χ3v) is 2.44. The van der Waals surface area contributed by atoms with Crippen LogP contribution in [-0.2, 0) is 6.54 Å². The normalized spacial score (nSPS) is 12.8. The Bertz CT molecular complexity index is 218. The van der Waals surface area contributed by atoms with Crippen LogP contribution in [0.5, 0.6) is 0 Å². The number of hydrogen-bond donors (Lipinski definition) is 0. The van der Waals surface area contributed by atoms with Gasteiger partial charge in [0.15, 0.2) is 12.4 Å².